The van der Waals surface area contributed by atoms with Gasteiger partial charge in [0.1, 0.15) is 16.9 Å². The number of carbonyl (C=O) groups excluding carboxylic acids is 2. The van der Waals surface area contributed by atoms with E-state index in [0.29, 0.717) is 6.54 Å². The summed E-state index contributed by atoms with van der Waals surface area (Å²) >= 11 is 1.48. The summed E-state index contributed by atoms with van der Waals surface area (Å²) in [5.74, 6) is -1.68. The number of ketones is 1. The molecule has 202 valence electrons. The van der Waals surface area contributed by atoms with Crippen LogP contribution in [0.4, 0.5) is 0 Å². The topological polar surface area (TPSA) is 135 Å². The molecule has 2 aliphatic rings. The monoisotopic (exact) mass is 522 g/mol. The van der Waals surface area contributed by atoms with Gasteiger partial charge in [-0.15, -0.1) is 11.3 Å². The summed E-state index contributed by atoms with van der Waals surface area (Å²) in [6.07, 6.45) is 1.45. The summed E-state index contributed by atoms with van der Waals surface area (Å²) in [5, 5.41) is 24.5. The van der Waals surface area contributed by atoms with E-state index in [-0.39, 0.29) is 36.2 Å². The van der Waals surface area contributed by atoms with E-state index < -0.39 is 35.6 Å². The second kappa shape index (κ2) is 11.8. The number of thiazole rings is 1. The number of hydrogen-bond donors (Lipinski definition) is 3. The van der Waals surface area contributed by atoms with E-state index in [1.165, 1.54) is 11.3 Å². The maximum absolute atomic E-state index is 13.2. The molecule has 2 aliphatic heterocycles. The van der Waals surface area contributed by atoms with Gasteiger partial charge in [0.05, 0.1) is 41.9 Å². The third kappa shape index (κ3) is 6.61. The second-order valence-corrected chi connectivity index (χ2v) is 12.1. The molecule has 0 saturated carbocycles. The first-order valence-electron chi connectivity index (χ1n) is 12.9. The SMILES string of the molecule is C/C(=C\c1csc(CN)n1)[C@H]1OC(=O)C[C@H](O)C(C)(C)C(=O)[C@H](C)[C@@H](O)[C@@H](C)CCC[C@H]2O[C@H]2[C@@H]1C. The van der Waals surface area contributed by atoms with Crippen LogP contribution in [0.1, 0.15) is 77.9 Å². The van der Waals surface area contributed by atoms with Crippen LogP contribution in [0.15, 0.2) is 11.0 Å². The predicted octanol–water partition coefficient (Wildman–Crippen LogP) is 3.48. The lowest BCUT2D eigenvalue weighted by Crippen LogP contribution is -2.46. The van der Waals surface area contributed by atoms with Crippen LogP contribution in [0.25, 0.3) is 6.08 Å². The highest BCUT2D eigenvalue weighted by Crippen LogP contribution is 2.39. The lowest BCUT2D eigenvalue weighted by atomic mass is 9.73. The van der Waals surface area contributed by atoms with Crippen molar-refractivity contribution in [2.24, 2.45) is 28.9 Å². The van der Waals surface area contributed by atoms with Gasteiger partial charge in [0, 0.05) is 23.8 Å². The van der Waals surface area contributed by atoms with Crippen LogP contribution >= 0.6 is 11.3 Å². The standard InChI is InChI=1S/C27H42N2O6S/c1-14-8-7-9-19-25(34-19)17(4)24(15(2)10-18-13-36-21(12-28)29-18)35-22(31)11-20(30)27(5,6)26(33)16(3)23(14)32/h10,13-14,16-17,19-20,23-25,30,32H,7-9,11-12,28H2,1-6H3/b15-10+/t14-,16+,17+,19+,20-,23-,24+,25-/m0/s1. The molecule has 0 spiro atoms. The molecular formula is C27H42N2O6S. The van der Waals surface area contributed by atoms with Crippen LogP contribution in [-0.4, -0.2) is 57.5 Å². The van der Waals surface area contributed by atoms with E-state index in [9.17, 15) is 19.8 Å². The predicted molar refractivity (Wildman–Crippen MR) is 139 cm³/mol. The Morgan fingerprint density at radius 2 is 1.94 bits per heavy atom. The van der Waals surface area contributed by atoms with Crippen molar-refractivity contribution in [3.05, 3.63) is 21.7 Å². The van der Waals surface area contributed by atoms with Crippen molar-refractivity contribution < 1.29 is 29.3 Å². The van der Waals surface area contributed by atoms with Gasteiger partial charge < -0.3 is 25.4 Å². The van der Waals surface area contributed by atoms with Crippen molar-refractivity contribution in [1.82, 2.24) is 4.98 Å². The van der Waals surface area contributed by atoms with E-state index in [0.717, 1.165) is 35.5 Å². The highest BCUT2D eigenvalue weighted by Gasteiger charge is 2.47. The van der Waals surface area contributed by atoms with Gasteiger partial charge in [-0.05, 0) is 37.3 Å². The minimum Gasteiger partial charge on any atom is -0.457 e. The van der Waals surface area contributed by atoms with Crippen molar-refractivity contribution in [3.8, 4) is 0 Å². The quantitative estimate of drug-likeness (QED) is 0.406. The number of carbonyl (C=O) groups is 2. The van der Waals surface area contributed by atoms with Gasteiger partial charge in [-0.1, -0.05) is 41.0 Å². The van der Waals surface area contributed by atoms with Crippen molar-refractivity contribution >= 4 is 29.2 Å². The number of aromatic nitrogens is 1. The Bertz CT molecular complexity index is 960. The average molecular weight is 523 g/mol. The third-order valence-electron chi connectivity index (χ3n) is 7.93. The molecule has 0 amide bonds. The maximum Gasteiger partial charge on any atom is 0.309 e. The molecular weight excluding hydrogens is 480 g/mol. The minimum absolute atomic E-state index is 0.0452. The summed E-state index contributed by atoms with van der Waals surface area (Å²) in [5.41, 5.74) is 6.06. The molecule has 3 heterocycles. The van der Waals surface area contributed by atoms with Crippen LogP contribution in [0.3, 0.4) is 0 Å². The highest BCUT2D eigenvalue weighted by atomic mass is 32.1. The fraction of sp³-hybridized carbons (Fsp3) is 0.741. The summed E-state index contributed by atoms with van der Waals surface area (Å²) < 4.78 is 11.9. The van der Waals surface area contributed by atoms with Gasteiger partial charge in [0.15, 0.2) is 0 Å². The number of rotatable bonds is 3. The normalized spacial score (nSPS) is 36.8. The van der Waals surface area contributed by atoms with Gasteiger partial charge in [-0.25, -0.2) is 4.98 Å². The van der Waals surface area contributed by atoms with Crippen LogP contribution in [0.5, 0.6) is 0 Å². The first kappa shape index (κ1) is 28.9. The number of cyclic esters (lactones) is 1. The summed E-state index contributed by atoms with van der Waals surface area (Å²) in [6.45, 7) is 11.2. The highest BCUT2D eigenvalue weighted by molar-refractivity contribution is 7.09. The summed E-state index contributed by atoms with van der Waals surface area (Å²) in [4.78, 5) is 30.7. The Labute approximate surface area is 218 Å². The van der Waals surface area contributed by atoms with Crippen molar-refractivity contribution in [3.63, 3.8) is 0 Å². The van der Waals surface area contributed by atoms with E-state index in [1.54, 1.807) is 20.8 Å². The molecule has 9 heteroatoms. The first-order valence-corrected chi connectivity index (χ1v) is 13.8. The number of aliphatic hydroxyl groups excluding tert-OH is 2. The molecule has 2 saturated heterocycles. The van der Waals surface area contributed by atoms with Crippen LogP contribution in [0, 0.1) is 23.2 Å². The third-order valence-corrected chi connectivity index (χ3v) is 8.82. The van der Waals surface area contributed by atoms with Crippen LogP contribution in [0.2, 0.25) is 0 Å². The average Bonchev–Trinajstić information content (AvgIpc) is 3.47. The van der Waals surface area contributed by atoms with E-state index >= 15 is 0 Å². The van der Waals surface area contributed by atoms with Crippen molar-refractivity contribution in [2.45, 2.75) is 104 Å². The van der Waals surface area contributed by atoms with Crippen molar-refractivity contribution in [2.75, 3.05) is 0 Å². The molecule has 2 fully saturated rings. The Hall–Kier alpha value is -1.65. The first-order chi connectivity index (χ1) is 16.9. The van der Waals surface area contributed by atoms with E-state index in [2.05, 4.69) is 4.98 Å². The van der Waals surface area contributed by atoms with E-state index in [1.807, 2.05) is 32.2 Å². The largest absolute Gasteiger partial charge is 0.457 e. The molecule has 0 unspecified atom stereocenters. The fourth-order valence-electron chi connectivity index (χ4n) is 5.25. The van der Waals surface area contributed by atoms with Crippen molar-refractivity contribution in [1.29, 1.82) is 0 Å². The molecule has 1 aromatic heterocycles. The molecule has 1 aromatic rings. The lowest BCUT2D eigenvalue weighted by Gasteiger charge is -2.34. The molecule has 3 rings (SSSR count). The van der Waals surface area contributed by atoms with E-state index in [4.69, 9.17) is 15.2 Å². The molecule has 0 aromatic carbocycles. The Morgan fingerprint density at radius 1 is 1.25 bits per heavy atom. The number of Topliss-reactive ketones (excluding diaryl/α,β-unsaturated/α-hetero) is 1. The lowest BCUT2D eigenvalue weighted by molar-refractivity contribution is -0.156. The second-order valence-electron chi connectivity index (χ2n) is 11.2. The maximum atomic E-state index is 13.2. The molecule has 4 N–H and O–H groups in total. The number of epoxide rings is 1. The number of ether oxygens (including phenoxy) is 2. The van der Waals surface area contributed by atoms with Gasteiger partial charge in [0.25, 0.3) is 0 Å². The minimum atomic E-state index is -1.24. The zero-order chi connectivity index (χ0) is 26.8. The smallest absolute Gasteiger partial charge is 0.309 e. The molecule has 36 heavy (non-hydrogen) atoms. The number of nitrogens with two attached hydrogens (primary N) is 1. The van der Waals surface area contributed by atoms with Crippen LogP contribution < -0.4 is 5.73 Å². The molecule has 8 atom stereocenters. The number of aliphatic hydroxyl groups is 2. The van der Waals surface area contributed by atoms with Gasteiger partial charge >= 0.3 is 5.97 Å². The zero-order valence-electron chi connectivity index (χ0n) is 22.3. The number of hydrogen-bond acceptors (Lipinski definition) is 9. The summed E-state index contributed by atoms with van der Waals surface area (Å²) in [7, 11) is 0. The fourth-order valence-corrected chi connectivity index (χ4v) is 5.88. The Kier molecular flexibility index (Phi) is 9.49. The molecule has 0 aliphatic carbocycles. The van der Waals surface area contributed by atoms with Gasteiger partial charge in [0.2, 0.25) is 0 Å². The molecule has 0 radical (unpaired) electrons. The van der Waals surface area contributed by atoms with Gasteiger partial charge in [-0.3, -0.25) is 9.59 Å². The zero-order valence-corrected chi connectivity index (χ0v) is 23.1. The van der Waals surface area contributed by atoms with Crippen LogP contribution in [-0.2, 0) is 25.6 Å². The Morgan fingerprint density at radius 3 is 2.58 bits per heavy atom. The molecule has 8 nitrogen and oxygen atoms in total. The number of fused-ring (bicyclic) bond motifs is 1. The number of nitrogens with zero attached hydrogens (tertiary/aromatic N) is 1. The van der Waals surface area contributed by atoms with Gasteiger partial charge in [-0.2, -0.15) is 0 Å². The summed E-state index contributed by atoms with van der Waals surface area (Å²) in [6, 6.07) is 0. The molecule has 0 bridgehead atoms. The number of esters is 1. The Balaban J connectivity index is 1.87.